The van der Waals surface area contributed by atoms with Gasteiger partial charge in [-0.25, -0.2) is 0 Å². The van der Waals surface area contributed by atoms with E-state index >= 15 is 0 Å². The fourth-order valence-electron chi connectivity index (χ4n) is 1.09. The van der Waals surface area contributed by atoms with E-state index < -0.39 is 5.60 Å². The topological polar surface area (TPSA) is 46.2 Å². The minimum absolute atomic E-state index is 0.126. The lowest BCUT2D eigenvalue weighted by Crippen LogP contribution is -2.25. The van der Waals surface area contributed by atoms with Gasteiger partial charge in [-0.1, -0.05) is 18.2 Å². The van der Waals surface area contributed by atoms with Crippen LogP contribution in [0.15, 0.2) is 23.8 Å². The number of nitrogens with two attached hydrogens (primary N) is 1. The first-order chi connectivity index (χ1) is 5.00. The van der Waals surface area contributed by atoms with Crippen molar-refractivity contribution >= 4 is 0 Å². The molecule has 0 spiro atoms. The molecule has 0 aliphatic heterocycles. The van der Waals surface area contributed by atoms with Gasteiger partial charge in [-0.05, 0) is 25.8 Å². The minimum atomic E-state index is -0.726. The molecule has 0 saturated carbocycles. The Kier molecular flexibility index (Phi) is 2.16. The lowest BCUT2D eigenvalue weighted by atomic mass is 9.92. The molecule has 62 valence electrons. The summed E-state index contributed by atoms with van der Waals surface area (Å²) in [5.41, 5.74) is 5.86. The molecular weight excluding hydrogens is 138 g/mol. The molecule has 0 fully saturated rings. The van der Waals surface area contributed by atoms with Crippen LogP contribution >= 0.6 is 0 Å². The Morgan fingerprint density at radius 2 is 2.27 bits per heavy atom. The zero-order valence-electron chi connectivity index (χ0n) is 7.04. The molecule has 2 heteroatoms. The zero-order valence-corrected chi connectivity index (χ0v) is 7.04. The highest BCUT2D eigenvalue weighted by Gasteiger charge is 2.18. The standard InChI is InChI=1S/C9H15NO/c1-9(2,11)7-3-5-8(10)6-4-7/h3-5,8,11H,6,10H2,1-2H3. The van der Waals surface area contributed by atoms with Gasteiger partial charge in [-0.2, -0.15) is 0 Å². The van der Waals surface area contributed by atoms with Crippen LogP contribution in [0.25, 0.3) is 0 Å². The Morgan fingerprint density at radius 3 is 2.64 bits per heavy atom. The molecular formula is C9H15NO. The summed E-state index contributed by atoms with van der Waals surface area (Å²) >= 11 is 0. The molecule has 0 aromatic carbocycles. The van der Waals surface area contributed by atoms with E-state index in [0.29, 0.717) is 0 Å². The number of aliphatic hydroxyl groups is 1. The fraction of sp³-hybridized carbons (Fsp3) is 0.556. The van der Waals surface area contributed by atoms with E-state index in [1.807, 2.05) is 18.2 Å². The summed E-state index contributed by atoms with van der Waals surface area (Å²) in [6.45, 7) is 3.56. The van der Waals surface area contributed by atoms with Crippen molar-refractivity contribution in [3.05, 3.63) is 23.8 Å². The van der Waals surface area contributed by atoms with Crippen LogP contribution in [-0.2, 0) is 0 Å². The number of rotatable bonds is 1. The summed E-state index contributed by atoms with van der Waals surface area (Å²) in [5.74, 6) is 0. The summed E-state index contributed by atoms with van der Waals surface area (Å²) in [6, 6.07) is 0.126. The molecule has 0 aromatic heterocycles. The van der Waals surface area contributed by atoms with Crippen molar-refractivity contribution in [2.45, 2.75) is 31.9 Å². The van der Waals surface area contributed by atoms with E-state index in [1.165, 1.54) is 0 Å². The van der Waals surface area contributed by atoms with Crippen LogP contribution in [-0.4, -0.2) is 16.7 Å². The van der Waals surface area contributed by atoms with Crippen molar-refractivity contribution in [1.29, 1.82) is 0 Å². The van der Waals surface area contributed by atoms with Gasteiger partial charge in [0.1, 0.15) is 0 Å². The van der Waals surface area contributed by atoms with E-state index in [4.69, 9.17) is 5.73 Å². The summed E-state index contributed by atoms with van der Waals surface area (Å²) in [4.78, 5) is 0. The van der Waals surface area contributed by atoms with Crippen LogP contribution in [0.4, 0.5) is 0 Å². The Balaban J connectivity index is 2.71. The van der Waals surface area contributed by atoms with Gasteiger partial charge in [-0.15, -0.1) is 0 Å². The van der Waals surface area contributed by atoms with Crippen LogP contribution in [0.3, 0.4) is 0 Å². The molecule has 1 rings (SSSR count). The van der Waals surface area contributed by atoms with Gasteiger partial charge in [0, 0.05) is 6.04 Å². The minimum Gasteiger partial charge on any atom is -0.386 e. The van der Waals surface area contributed by atoms with Crippen LogP contribution in [0.2, 0.25) is 0 Å². The second-order valence-corrected chi connectivity index (χ2v) is 3.48. The average Bonchev–Trinajstić information content (AvgIpc) is 1.86. The first-order valence-electron chi connectivity index (χ1n) is 3.87. The fourth-order valence-corrected chi connectivity index (χ4v) is 1.09. The molecule has 0 saturated heterocycles. The van der Waals surface area contributed by atoms with Crippen molar-refractivity contribution in [3.8, 4) is 0 Å². The highest BCUT2D eigenvalue weighted by Crippen LogP contribution is 2.20. The van der Waals surface area contributed by atoms with E-state index in [2.05, 4.69) is 0 Å². The van der Waals surface area contributed by atoms with Crippen molar-refractivity contribution in [2.75, 3.05) is 0 Å². The Bertz CT molecular complexity index is 198. The van der Waals surface area contributed by atoms with Gasteiger partial charge < -0.3 is 10.8 Å². The third-order valence-corrected chi connectivity index (χ3v) is 1.84. The molecule has 0 radical (unpaired) electrons. The van der Waals surface area contributed by atoms with Crippen molar-refractivity contribution in [3.63, 3.8) is 0 Å². The number of hydrogen-bond acceptors (Lipinski definition) is 2. The zero-order chi connectivity index (χ0) is 8.48. The van der Waals surface area contributed by atoms with Crippen molar-refractivity contribution < 1.29 is 5.11 Å². The molecule has 1 aliphatic rings. The normalized spacial score (nSPS) is 25.1. The smallest absolute Gasteiger partial charge is 0.0837 e. The quantitative estimate of drug-likeness (QED) is 0.589. The molecule has 0 amide bonds. The molecule has 11 heavy (non-hydrogen) atoms. The van der Waals surface area contributed by atoms with E-state index in [-0.39, 0.29) is 6.04 Å². The molecule has 0 aromatic rings. The molecule has 3 N–H and O–H groups in total. The van der Waals surface area contributed by atoms with Gasteiger partial charge in [0.2, 0.25) is 0 Å². The van der Waals surface area contributed by atoms with Gasteiger partial charge in [0.25, 0.3) is 0 Å². The highest BCUT2D eigenvalue weighted by molar-refractivity contribution is 5.31. The first kappa shape index (κ1) is 8.50. The lowest BCUT2D eigenvalue weighted by Gasteiger charge is -2.22. The highest BCUT2D eigenvalue weighted by atomic mass is 16.3. The van der Waals surface area contributed by atoms with Crippen LogP contribution < -0.4 is 5.73 Å². The maximum atomic E-state index is 9.57. The summed E-state index contributed by atoms with van der Waals surface area (Å²) < 4.78 is 0. The van der Waals surface area contributed by atoms with Crippen LogP contribution in [0.5, 0.6) is 0 Å². The maximum absolute atomic E-state index is 9.57. The maximum Gasteiger partial charge on any atom is 0.0837 e. The summed E-state index contributed by atoms with van der Waals surface area (Å²) in [5, 5.41) is 9.57. The van der Waals surface area contributed by atoms with E-state index in [1.54, 1.807) is 13.8 Å². The molecule has 0 heterocycles. The Hall–Kier alpha value is -0.600. The second kappa shape index (κ2) is 2.80. The third kappa shape index (κ3) is 2.17. The number of hydrogen-bond donors (Lipinski definition) is 2. The van der Waals surface area contributed by atoms with Crippen molar-refractivity contribution in [1.82, 2.24) is 0 Å². The second-order valence-electron chi connectivity index (χ2n) is 3.48. The third-order valence-electron chi connectivity index (χ3n) is 1.84. The molecule has 0 bridgehead atoms. The van der Waals surface area contributed by atoms with Gasteiger partial charge in [-0.3, -0.25) is 0 Å². The monoisotopic (exact) mass is 153 g/mol. The Morgan fingerprint density at radius 1 is 1.64 bits per heavy atom. The predicted octanol–water partition coefficient (Wildman–Crippen LogP) is 0.971. The average molecular weight is 153 g/mol. The molecule has 1 atom stereocenters. The van der Waals surface area contributed by atoms with Crippen molar-refractivity contribution in [2.24, 2.45) is 5.73 Å². The molecule has 1 unspecified atom stereocenters. The predicted molar refractivity (Wildman–Crippen MR) is 46.1 cm³/mol. The van der Waals surface area contributed by atoms with Gasteiger partial charge in [0.15, 0.2) is 0 Å². The lowest BCUT2D eigenvalue weighted by molar-refractivity contribution is 0.123. The van der Waals surface area contributed by atoms with Crippen LogP contribution in [0.1, 0.15) is 20.3 Å². The Labute approximate surface area is 67.4 Å². The van der Waals surface area contributed by atoms with E-state index in [0.717, 1.165) is 12.0 Å². The largest absolute Gasteiger partial charge is 0.386 e. The molecule has 1 aliphatic carbocycles. The van der Waals surface area contributed by atoms with E-state index in [9.17, 15) is 5.11 Å². The SMILES string of the molecule is CC(C)(O)C1=CCC(N)C=C1. The van der Waals surface area contributed by atoms with Gasteiger partial charge >= 0.3 is 0 Å². The summed E-state index contributed by atoms with van der Waals surface area (Å²) in [6.07, 6.45) is 6.64. The first-order valence-corrected chi connectivity index (χ1v) is 3.87. The van der Waals surface area contributed by atoms with Gasteiger partial charge in [0.05, 0.1) is 5.60 Å². The molecule has 2 nitrogen and oxygen atoms in total. The summed E-state index contributed by atoms with van der Waals surface area (Å²) in [7, 11) is 0. The van der Waals surface area contributed by atoms with Crippen LogP contribution in [0, 0.1) is 0 Å².